The van der Waals surface area contributed by atoms with Crippen LogP contribution in [0.15, 0.2) is 22.1 Å². The summed E-state index contributed by atoms with van der Waals surface area (Å²) in [6.45, 7) is 1.92. The highest BCUT2D eigenvalue weighted by Crippen LogP contribution is 1.89. The number of hydrogen-bond donors (Lipinski definition) is 1. The van der Waals surface area contributed by atoms with E-state index in [1.165, 1.54) is 0 Å². The molecule has 0 unspecified atom stereocenters. The van der Waals surface area contributed by atoms with Crippen molar-refractivity contribution in [2.75, 3.05) is 7.05 Å². The summed E-state index contributed by atoms with van der Waals surface area (Å²) in [5, 5.41) is 7.17. The molecule has 0 saturated carbocycles. The normalized spacial score (nSPS) is 12.6. The van der Waals surface area contributed by atoms with Crippen LogP contribution in [0.1, 0.15) is 6.92 Å². The molecule has 0 aliphatic carbocycles. The van der Waals surface area contributed by atoms with E-state index >= 15 is 0 Å². The van der Waals surface area contributed by atoms with Crippen LogP contribution in [0.25, 0.3) is 0 Å². The molecular weight excluding hydrogens is 217 g/mol. The van der Waals surface area contributed by atoms with E-state index in [0.717, 1.165) is 5.70 Å². The summed E-state index contributed by atoms with van der Waals surface area (Å²) in [6.07, 6.45) is 1.66. The fourth-order valence-electron chi connectivity index (χ4n) is 0.169. The molecule has 0 fully saturated rings. The Morgan fingerprint density at radius 2 is 2.38 bits per heavy atom. The molecule has 0 bridgehead atoms. The lowest BCUT2D eigenvalue weighted by Crippen LogP contribution is -1.89. The van der Waals surface area contributed by atoms with Gasteiger partial charge in [0.2, 0.25) is 0 Å². The molecule has 3 nitrogen and oxygen atoms in total. The second-order valence-electron chi connectivity index (χ2n) is 1.22. The van der Waals surface area contributed by atoms with E-state index in [4.69, 9.17) is 0 Å². The maximum atomic E-state index is 3.64. The number of azo groups is 1. The molecule has 0 aromatic heterocycles. The van der Waals surface area contributed by atoms with E-state index < -0.39 is 0 Å². The number of allylic oxidation sites excluding steroid dienone is 1. The predicted molar refractivity (Wildman–Crippen MR) is 41.7 cm³/mol. The minimum atomic E-state index is 0.996. The van der Waals surface area contributed by atoms with Crippen LogP contribution in [0.4, 0.5) is 0 Å². The fourth-order valence-corrected chi connectivity index (χ4v) is 0.308. The van der Waals surface area contributed by atoms with Crippen molar-refractivity contribution >= 4 is 22.9 Å². The van der Waals surface area contributed by atoms with Crippen LogP contribution in [0.2, 0.25) is 0 Å². The highest BCUT2D eigenvalue weighted by atomic mass is 127. The smallest absolute Gasteiger partial charge is 0.0684 e. The lowest BCUT2D eigenvalue weighted by atomic mass is 10.6. The van der Waals surface area contributed by atoms with Crippen LogP contribution in [0.5, 0.6) is 0 Å². The molecular formula is C4H8IN3. The first-order chi connectivity index (χ1) is 3.81. The highest BCUT2D eigenvalue weighted by Gasteiger charge is 1.76. The maximum absolute atomic E-state index is 3.64. The standard InChI is InChI=1S/C4H8IN3/c1-4(8-5)3-7-6-2/h3,8H,1-2H3/b4-3-,7-6-. The molecule has 0 rings (SSSR count). The summed E-state index contributed by atoms with van der Waals surface area (Å²) >= 11 is 2.03. The van der Waals surface area contributed by atoms with Crippen LogP contribution in [0, 0.1) is 0 Å². The zero-order chi connectivity index (χ0) is 6.41. The molecule has 0 atom stereocenters. The molecule has 1 N–H and O–H groups in total. The van der Waals surface area contributed by atoms with Gasteiger partial charge in [0.25, 0.3) is 0 Å². The molecule has 0 aliphatic rings. The number of nitrogens with one attached hydrogen (secondary N) is 1. The Labute approximate surface area is 62.8 Å². The largest absolute Gasteiger partial charge is 0.331 e. The van der Waals surface area contributed by atoms with E-state index in [1.807, 2.05) is 29.8 Å². The molecule has 0 aliphatic heterocycles. The molecule has 0 radical (unpaired) electrons. The number of nitrogens with zero attached hydrogens (tertiary/aromatic N) is 2. The molecule has 0 aromatic rings. The van der Waals surface area contributed by atoms with Crippen molar-refractivity contribution in [1.82, 2.24) is 3.53 Å². The number of halogens is 1. The molecule has 46 valence electrons. The summed E-state index contributed by atoms with van der Waals surface area (Å²) in [5.41, 5.74) is 0.996. The first kappa shape index (κ1) is 7.87. The maximum Gasteiger partial charge on any atom is 0.0684 e. The summed E-state index contributed by atoms with van der Waals surface area (Å²) in [6, 6.07) is 0. The Kier molecular flexibility index (Phi) is 4.93. The molecule has 8 heavy (non-hydrogen) atoms. The van der Waals surface area contributed by atoms with E-state index in [1.54, 1.807) is 13.2 Å². The topological polar surface area (TPSA) is 36.8 Å². The van der Waals surface area contributed by atoms with E-state index in [-0.39, 0.29) is 0 Å². The zero-order valence-corrected chi connectivity index (χ0v) is 7.01. The van der Waals surface area contributed by atoms with Gasteiger partial charge in [0.15, 0.2) is 0 Å². The van der Waals surface area contributed by atoms with Crippen molar-refractivity contribution in [3.63, 3.8) is 0 Å². The van der Waals surface area contributed by atoms with Crippen LogP contribution in [-0.2, 0) is 0 Å². The Bertz CT molecular complexity index is 108. The molecule has 4 heteroatoms. The molecule has 0 saturated heterocycles. The minimum Gasteiger partial charge on any atom is -0.331 e. The monoisotopic (exact) mass is 225 g/mol. The Hall–Kier alpha value is -0.130. The second kappa shape index (κ2) is 5.02. The zero-order valence-electron chi connectivity index (χ0n) is 4.85. The molecule has 0 amide bonds. The molecule has 0 spiro atoms. The Balaban J connectivity index is 3.57. The lowest BCUT2D eigenvalue weighted by Gasteiger charge is -1.88. The van der Waals surface area contributed by atoms with Gasteiger partial charge < -0.3 is 3.53 Å². The van der Waals surface area contributed by atoms with Crippen LogP contribution in [0.3, 0.4) is 0 Å². The van der Waals surface area contributed by atoms with Gasteiger partial charge in [-0.05, 0) is 6.92 Å². The summed E-state index contributed by atoms with van der Waals surface area (Å²) in [7, 11) is 1.64. The molecule has 0 heterocycles. The quantitative estimate of drug-likeness (QED) is 0.434. The third-order valence-corrected chi connectivity index (χ3v) is 1.37. The second-order valence-corrected chi connectivity index (χ2v) is 1.76. The van der Waals surface area contributed by atoms with Crippen molar-refractivity contribution in [3.8, 4) is 0 Å². The minimum absolute atomic E-state index is 0.996. The third-order valence-electron chi connectivity index (χ3n) is 0.516. The van der Waals surface area contributed by atoms with Crippen molar-refractivity contribution in [1.29, 1.82) is 0 Å². The average Bonchev–Trinajstić information content (AvgIpc) is 1.83. The lowest BCUT2D eigenvalue weighted by molar-refractivity contribution is 1.11. The van der Waals surface area contributed by atoms with Gasteiger partial charge in [-0.1, -0.05) is 0 Å². The average molecular weight is 225 g/mol. The van der Waals surface area contributed by atoms with Gasteiger partial charge in [-0.25, -0.2) is 0 Å². The van der Waals surface area contributed by atoms with Gasteiger partial charge in [-0.3, -0.25) is 0 Å². The molecule has 0 aromatic carbocycles. The van der Waals surface area contributed by atoms with Crippen molar-refractivity contribution in [2.45, 2.75) is 6.92 Å². The third kappa shape index (κ3) is 4.04. The van der Waals surface area contributed by atoms with Crippen LogP contribution >= 0.6 is 22.9 Å². The van der Waals surface area contributed by atoms with Gasteiger partial charge in [0.1, 0.15) is 0 Å². The van der Waals surface area contributed by atoms with Gasteiger partial charge in [0.05, 0.1) is 29.1 Å². The van der Waals surface area contributed by atoms with E-state index in [9.17, 15) is 0 Å². The van der Waals surface area contributed by atoms with Crippen molar-refractivity contribution in [2.24, 2.45) is 10.2 Å². The fraction of sp³-hybridized carbons (Fsp3) is 0.500. The van der Waals surface area contributed by atoms with Crippen molar-refractivity contribution in [3.05, 3.63) is 11.9 Å². The SMILES string of the molecule is C/N=N\C=C(\C)NI. The summed E-state index contributed by atoms with van der Waals surface area (Å²) in [4.78, 5) is 0. The van der Waals surface area contributed by atoms with Gasteiger partial charge >= 0.3 is 0 Å². The first-order valence-corrected chi connectivity index (χ1v) is 3.21. The number of rotatable bonds is 2. The van der Waals surface area contributed by atoms with E-state index in [0.29, 0.717) is 0 Å². The van der Waals surface area contributed by atoms with Gasteiger partial charge in [-0.15, -0.1) is 0 Å². The van der Waals surface area contributed by atoms with Crippen LogP contribution in [-0.4, -0.2) is 7.05 Å². The number of hydrogen-bond acceptors (Lipinski definition) is 3. The summed E-state index contributed by atoms with van der Waals surface area (Å²) < 4.78 is 2.88. The van der Waals surface area contributed by atoms with Crippen molar-refractivity contribution < 1.29 is 0 Å². The van der Waals surface area contributed by atoms with Crippen LogP contribution < -0.4 is 3.53 Å². The summed E-state index contributed by atoms with van der Waals surface area (Å²) in [5.74, 6) is 0. The highest BCUT2D eigenvalue weighted by molar-refractivity contribution is 14.1. The Morgan fingerprint density at radius 3 is 2.75 bits per heavy atom. The predicted octanol–water partition coefficient (Wildman–Crippen LogP) is 1.87. The van der Waals surface area contributed by atoms with E-state index in [2.05, 4.69) is 13.8 Å². The Morgan fingerprint density at radius 1 is 1.75 bits per heavy atom. The van der Waals surface area contributed by atoms with Gasteiger partial charge in [0, 0.05) is 12.7 Å². The first-order valence-electron chi connectivity index (χ1n) is 2.13. The van der Waals surface area contributed by atoms with Gasteiger partial charge in [-0.2, -0.15) is 10.2 Å².